The van der Waals surface area contributed by atoms with E-state index < -0.39 is 0 Å². The van der Waals surface area contributed by atoms with E-state index in [1.54, 1.807) is 11.3 Å². The highest BCUT2D eigenvalue weighted by Gasteiger charge is 2.25. The molecule has 1 aliphatic heterocycles. The van der Waals surface area contributed by atoms with Crippen LogP contribution in [0.15, 0.2) is 29.6 Å². The van der Waals surface area contributed by atoms with Crippen molar-refractivity contribution in [1.29, 1.82) is 0 Å². The zero-order chi connectivity index (χ0) is 13.9. The molecule has 106 valence electrons. The quantitative estimate of drug-likeness (QED) is 0.934. The second kappa shape index (κ2) is 5.94. The lowest BCUT2D eigenvalue weighted by Gasteiger charge is -2.24. The third kappa shape index (κ3) is 2.86. The molecule has 0 saturated carbocycles. The maximum Gasteiger partial charge on any atom is 0.123 e. The molecule has 1 atom stereocenters. The van der Waals surface area contributed by atoms with Crippen molar-refractivity contribution in [1.82, 2.24) is 10.3 Å². The minimum atomic E-state index is 0.387. The highest BCUT2D eigenvalue weighted by atomic mass is 32.1. The number of rotatable bonds is 4. The summed E-state index contributed by atoms with van der Waals surface area (Å²) in [6.45, 7) is 5.93. The molecule has 0 saturated heterocycles. The lowest BCUT2D eigenvalue weighted by molar-refractivity contribution is 0.276. The third-order valence-electron chi connectivity index (χ3n) is 3.52. The van der Waals surface area contributed by atoms with Crippen LogP contribution in [0.5, 0.6) is 5.75 Å². The Bertz CT molecular complexity index is 579. The van der Waals surface area contributed by atoms with Crippen LogP contribution in [0.1, 0.15) is 42.5 Å². The highest BCUT2D eigenvalue weighted by molar-refractivity contribution is 7.09. The first-order chi connectivity index (χ1) is 9.74. The maximum absolute atomic E-state index is 5.73. The number of nitrogens with zero attached hydrogens (tertiary/aromatic N) is 1. The van der Waals surface area contributed by atoms with E-state index in [0.29, 0.717) is 12.0 Å². The fourth-order valence-electron chi connectivity index (χ4n) is 2.47. The van der Waals surface area contributed by atoms with Gasteiger partial charge in [0.25, 0.3) is 0 Å². The second-order valence-electron chi connectivity index (χ2n) is 5.44. The van der Waals surface area contributed by atoms with Gasteiger partial charge in [0.2, 0.25) is 0 Å². The molecule has 0 spiro atoms. The molecule has 0 bridgehead atoms. The molecule has 2 heterocycles. The molecule has 0 amide bonds. The molecule has 1 aromatic heterocycles. The van der Waals surface area contributed by atoms with E-state index in [2.05, 4.69) is 42.7 Å². The third-order valence-corrected chi connectivity index (χ3v) is 4.52. The number of ether oxygens (including phenoxy) is 1. The van der Waals surface area contributed by atoms with Gasteiger partial charge < -0.3 is 10.1 Å². The van der Waals surface area contributed by atoms with E-state index in [9.17, 15) is 0 Å². The minimum absolute atomic E-state index is 0.387. The van der Waals surface area contributed by atoms with Crippen LogP contribution in [0, 0.1) is 0 Å². The molecular formula is C16H20N2OS. The van der Waals surface area contributed by atoms with Gasteiger partial charge in [-0.05, 0) is 12.5 Å². The van der Waals surface area contributed by atoms with Gasteiger partial charge in [-0.3, -0.25) is 0 Å². The van der Waals surface area contributed by atoms with Gasteiger partial charge in [0.15, 0.2) is 0 Å². The zero-order valence-corrected chi connectivity index (χ0v) is 12.7. The Morgan fingerprint density at radius 3 is 3.10 bits per heavy atom. The number of fused-ring (bicyclic) bond motifs is 1. The number of thiazole rings is 1. The van der Waals surface area contributed by atoms with Gasteiger partial charge in [0.1, 0.15) is 10.8 Å². The van der Waals surface area contributed by atoms with Crippen LogP contribution >= 0.6 is 11.3 Å². The molecule has 20 heavy (non-hydrogen) atoms. The van der Waals surface area contributed by atoms with Crippen molar-refractivity contribution in [3.05, 3.63) is 45.9 Å². The van der Waals surface area contributed by atoms with Crippen molar-refractivity contribution in [3.63, 3.8) is 0 Å². The van der Waals surface area contributed by atoms with E-state index in [4.69, 9.17) is 9.72 Å². The van der Waals surface area contributed by atoms with Gasteiger partial charge >= 0.3 is 0 Å². The molecule has 0 aliphatic carbocycles. The molecule has 1 aromatic carbocycles. The summed E-state index contributed by atoms with van der Waals surface area (Å²) in [5, 5.41) is 6.80. The van der Waals surface area contributed by atoms with Crippen molar-refractivity contribution in [3.8, 4) is 5.75 Å². The van der Waals surface area contributed by atoms with E-state index in [1.807, 2.05) is 6.07 Å². The van der Waals surface area contributed by atoms with E-state index in [0.717, 1.165) is 31.0 Å². The molecule has 4 heteroatoms. The Morgan fingerprint density at radius 2 is 2.25 bits per heavy atom. The summed E-state index contributed by atoms with van der Waals surface area (Å²) in [7, 11) is 0. The fraction of sp³-hybridized carbons (Fsp3) is 0.438. The summed E-state index contributed by atoms with van der Waals surface area (Å²) < 4.78 is 5.73. The lowest BCUT2D eigenvalue weighted by atomic mass is 9.94. The Hall–Kier alpha value is -1.39. The summed E-state index contributed by atoms with van der Waals surface area (Å²) in [6, 6.07) is 8.81. The van der Waals surface area contributed by atoms with Crippen molar-refractivity contribution >= 4 is 11.3 Å². The average Bonchev–Trinajstić information content (AvgIpc) is 2.93. The number of aromatic nitrogens is 1. The van der Waals surface area contributed by atoms with Gasteiger partial charge in [-0.2, -0.15) is 0 Å². The molecule has 3 rings (SSSR count). The van der Waals surface area contributed by atoms with Crippen LogP contribution in [0.25, 0.3) is 0 Å². The predicted octanol–water partition coefficient (Wildman–Crippen LogP) is 3.56. The Labute approximate surface area is 124 Å². The number of nitrogens with one attached hydrogen (secondary N) is 1. The molecule has 0 radical (unpaired) electrons. The Morgan fingerprint density at radius 1 is 1.40 bits per heavy atom. The zero-order valence-electron chi connectivity index (χ0n) is 11.9. The molecule has 3 nitrogen and oxygen atoms in total. The van der Waals surface area contributed by atoms with Crippen LogP contribution in [0.2, 0.25) is 0 Å². The van der Waals surface area contributed by atoms with Gasteiger partial charge in [-0.1, -0.05) is 32.0 Å². The van der Waals surface area contributed by atoms with Crippen molar-refractivity contribution in [2.45, 2.75) is 38.8 Å². The van der Waals surface area contributed by atoms with Gasteiger partial charge in [0.05, 0.1) is 12.3 Å². The standard InChI is InChI=1S/C16H20N2OS/c1-11(2)17-9-12-10-20-16(18-12)14-7-8-19-15-6-4-3-5-13(14)15/h3-6,10-11,14,17H,7-9H2,1-2H3. The van der Waals surface area contributed by atoms with E-state index >= 15 is 0 Å². The molecule has 0 fully saturated rings. The van der Waals surface area contributed by atoms with E-state index in [-0.39, 0.29) is 0 Å². The number of para-hydroxylation sites is 1. The summed E-state index contributed by atoms with van der Waals surface area (Å²) in [5.41, 5.74) is 2.42. The summed E-state index contributed by atoms with van der Waals surface area (Å²) in [5.74, 6) is 1.40. The lowest BCUT2D eigenvalue weighted by Crippen LogP contribution is -2.22. The fourth-order valence-corrected chi connectivity index (χ4v) is 3.44. The molecule has 1 unspecified atom stereocenters. The normalized spacial score (nSPS) is 17.9. The Kier molecular flexibility index (Phi) is 4.03. The SMILES string of the molecule is CC(C)NCc1csc(C2CCOc3ccccc32)n1. The number of hydrogen-bond donors (Lipinski definition) is 1. The maximum atomic E-state index is 5.73. The summed E-state index contributed by atoms with van der Waals surface area (Å²) in [6.07, 6.45) is 1.02. The topological polar surface area (TPSA) is 34.1 Å². The van der Waals surface area contributed by atoms with Crippen LogP contribution in [-0.2, 0) is 6.54 Å². The molecule has 1 N–H and O–H groups in total. The van der Waals surface area contributed by atoms with Crippen LogP contribution < -0.4 is 10.1 Å². The van der Waals surface area contributed by atoms with Crippen LogP contribution in [0.3, 0.4) is 0 Å². The number of hydrogen-bond acceptors (Lipinski definition) is 4. The van der Waals surface area contributed by atoms with Crippen LogP contribution in [0.4, 0.5) is 0 Å². The first-order valence-electron chi connectivity index (χ1n) is 7.13. The number of benzene rings is 1. The monoisotopic (exact) mass is 288 g/mol. The molecule has 1 aliphatic rings. The van der Waals surface area contributed by atoms with E-state index in [1.165, 1.54) is 10.6 Å². The second-order valence-corrected chi connectivity index (χ2v) is 6.33. The van der Waals surface area contributed by atoms with Crippen molar-refractivity contribution in [2.75, 3.05) is 6.61 Å². The largest absolute Gasteiger partial charge is 0.493 e. The van der Waals surface area contributed by atoms with Crippen molar-refractivity contribution < 1.29 is 4.74 Å². The molecular weight excluding hydrogens is 268 g/mol. The van der Waals surface area contributed by atoms with Gasteiger partial charge in [0, 0.05) is 29.4 Å². The summed E-state index contributed by atoms with van der Waals surface area (Å²) in [4.78, 5) is 4.81. The first-order valence-corrected chi connectivity index (χ1v) is 8.01. The highest BCUT2D eigenvalue weighted by Crippen LogP contribution is 2.38. The minimum Gasteiger partial charge on any atom is -0.493 e. The van der Waals surface area contributed by atoms with Crippen LogP contribution in [-0.4, -0.2) is 17.6 Å². The van der Waals surface area contributed by atoms with Gasteiger partial charge in [-0.25, -0.2) is 4.98 Å². The first kappa shape index (κ1) is 13.6. The smallest absolute Gasteiger partial charge is 0.123 e. The Balaban J connectivity index is 1.80. The van der Waals surface area contributed by atoms with Crippen molar-refractivity contribution in [2.24, 2.45) is 0 Å². The summed E-state index contributed by atoms with van der Waals surface area (Å²) >= 11 is 1.76. The molecule has 2 aromatic rings. The average molecular weight is 288 g/mol. The van der Waals surface area contributed by atoms with Gasteiger partial charge in [-0.15, -0.1) is 11.3 Å². The predicted molar refractivity (Wildman–Crippen MR) is 82.5 cm³/mol.